The van der Waals surface area contributed by atoms with Crippen molar-refractivity contribution in [1.82, 2.24) is 15.0 Å². The van der Waals surface area contributed by atoms with E-state index in [0.717, 1.165) is 39.1 Å². The molecule has 2 aromatic carbocycles. The molecule has 4 rings (SSSR count). The molecular formula is C24H22N4O. The third-order valence-corrected chi connectivity index (χ3v) is 5.04. The van der Waals surface area contributed by atoms with Crippen LogP contribution in [-0.2, 0) is 11.2 Å². The maximum Gasteiger partial charge on any atom is 0.244 e. The number of amides is 1. The fourth-order valence-corrected chi connectivity index (χ4v) is 3.57. The van der Waals surface area contributed by atoms with E-state index in [2.05, 4.69) is 51.3 Å². The van der Waals surface area contributed by atoms with Crippen molar-refractivity contribution in [3.05, 3.63) is 95.9 Å². The Morgan fingerprint density at radius 3 is 2.45 bits per heavy atom. The lowest BCUT2D eigenvalue weighted by Crippen LogP contribution is -2.21. The van der Waals surface area contributed by atoms with Gasteiger partial charge < -0.3 is 4.57 Å². The minimum atomic E-state index is -0.141. The Bertz CT molecular complexity index is 1180. The number of hydrogen-bond acceptors (Lipinski definition) is 3. The predicted octanol–water partition coefficient (Wildman–Crippen LogP) is 4.42. The third kappa shape index (κ3) is 3.80. The molecule has 0 bridgehead atoms. The molecule has 0 aliphatic heterocycles. The first kappa shape index (κ1) is 18.6. The average Bonchev–Trinajstić information content (AvgIpc) is 3.04. The van der Waals surface area contributed by atoms with Gasteiger partial charge in [-0.15, -0.1) is 0 Å². The molecule has 5 nitrogen and oxygen atoms in total. The zero-order valence-corrected chi connectivity index (χ0v) is 16.5. The molecule has 29 heavy (non-hydrogen) atoms. The van der Waals surface area contributed by atoms with Crippen LogP contribution in [-0.4, -0.2) is 21.2 Å². The molecule has 0 aliphatic rings. The highest BCUT2D eigenvalue weighted by atomic mass is 16.2. The fraction of sp³-hybridized carbons (Fsp3) is 0.125. The number of hydrogen-bond donors (Lipinski definition) is 1. The fourth-order valence-electron chi connectivity index (χ4n) is 3.57. The summed E-state index contributed by atoms with van der Waals surface area (Å²) in [5, 5.41) is 5.33. The van der Waals surface area contributed by atoms with Crippen molar-refractivity contribution in [3.63, 3.8) is 0 Å². The van der Waals surface area contributed by atoms with Gasteiger partial charge in [0.1, 0.15) is 0 Å². The monoisotopic (exact) mass is 382 g/mol. The van der Waals surface area contributed by atoms with Gasteiger partial charge in [-0.25, -0.2) is 5.43 Å². The molecule has 2 heterocycles. The highest BCUT2D eigenvalue weighted by molar-refractivity contribution is 5.99. The van der Waals surface area contributed by atoms with Gasteiger partial charge in [0.05, 0.1) is 17.6 Å². The van der Waals surface area contributed by atoms with Crippen LogP contribution >= 0.6 is 0 Å². The van der Waals surface area contributed by atoms with Crippen molar-refractivity contribution in [2.75, 3.05) is 0 Å². The van der Waals surface area contributed by atoms with Gasteiger partial charge in [0.2, 0.25) is 5.91 Å². The number of benzene rings is 2. The van der Waals surface area contributed by atoms with E-state index in [4.69, 9.17) is 0 Å². The van der Waals surface area contributed by atoms with Gasteiger partial charge in [0, 0.05) is 34.7 Å². The number of aromatic nitrogens is 2. The molecule has 0 unspecified atom stereocenters. The first-order valence-corrected chi connectivity index (χ1v) is 9.53. The van der Waals surface area contributed by atoms with Crippen LogP contribution in [0.1, 0.15) is 23.7 Å². The van der Waals surface area contributed by atoms with Crippen molar-refractivity contribution < 1.29 is 4.79 Å². The summed E-state index contributed by atoms with van der Waals surface area (Å²) in [5.74, 6) is -0.141. The molecule has 0 saturated carbocycles. The van der Waals surface area contributed by atoms with E-state index in [0.29, 0.717) is 0 Å². The number of hydrazone groups is 1. The molecule has 4 aromatic rings. The Morgan fingerprint density at radius 1 is 1.00 bits per heavy atom. The van der Waals surface area contributed by atoms with Crippen LogP contribution in [0.25, 0.3) is 16.6 Å². The van der Waals surface area contributed by atoms with Crippen LogP contribution in [0.5, 0.6) is 0 Å². The topological polar surface area (TPSA) is 59.3 Å². The summed E-state index contributed by atoms with van der Waals surface area (Å²) in [5.41, 5.74) is 8.60. The Labute approximate surface area is 169 Å². The van der Waals surface area contributed by atoms with Crippen molar-refractivity contribution in [1.29, 1.82) is 0 Å². The lowest BCUT2D eigenvalue weighted by Gasteiger charge is -2.08. The van der Waals surface area contributed by atoms with E-state index in [1.165, 1.54) is 0 Å². The van der Waals surface area contributed by atoms with Crippen LogP contribution < -0.4 is 5.43 Å². The molecule has 0 saturated heterocycles. The molecule has 0 aliphatic carbocycles. The van der Waals surface area contributed by atoms with E-state index < -0.39 is 0 Å². The zero-order valence-electron chi connectivity index (χ0n) is 16.5. The summed E-state index contributed by atoms with van der Waals surface area (Å²) in [4.78, 5) is 16.7. The number of rotatable bonds is 5. The Hall–Kier alpha value is -3.73. The van der Waals surface area contributed by atoms with Crippen molar-refractivity contribution in [2.24, 2.45) is 5.10 Å². The average molecular weight is 382 g/mol. The summed E-state index contributed by atoms with van der Waals surface area (Å²) >= 11 is 0. The standard InChI is InChI=1S/C24H22N4O/c1-17(19-12-14-25-15-13-19)26-27-24(29)16-22-18(2)28(20-8-4-3-5-9-20)23-11-7-6-10-21(22)23/h3-15H,16H2,1-2H3,(H,27,29)/b26-17-. The number of fused-ring (bicyclic) bond motifs is 1. The summed E-state index contributed by atoms with van der Waals surface area (Å²) in [6.07, 6.45) is 3.68. The highest BCUT2D eigenvalue weighted by Gasteiger charge is 2.17. The van der Waals surface area contributed by atoms with E-state index in [1.54, 1.807) is 12.4 Å². The number of para-hydroxylation sites is 2. The third-order valence-electron chi connectivity index (χ3n) is 5.04. The predicted molar refractivity (Wildman–Crippen MR) is 116 cm³/mol. The second-order valence-electron chi connectivity index (χ2n) is 6.90. The number of carbonyl (C=O) groups excluding carboxylic acids is 1. The van der Waals surface area contributed by atoms with Gasteiger partial charge in [-0.3, -0.25) is 9.78 Å². The molecule has 1 N–H and O–H groups in total. The molecule has 5 heteroatoms. The van der Waals surface area contributed by atoms with Crippen LogP contribution in [0.3, 0.4) is 0 Å². The van der Waals surface area contributed by atoms with Crippen LogP contribution in [0.15, 0.2) is 84.2 Å². The Morgan fingerprint density at radius 2 is 1.69 bits per heavy atom. The number of nitrogens with zero attached hydrogens (tertiary/aromatic N) is 3. The van der Waals surface area contributed by atoms with Crippen LogP contribution in [0.2, 0.25) is 0 Å². The lowest BCUT2D eigenvalue weighted by molar-refractivity contribution is -0.120. The Balaban J connectivity index is 1.63. The number of carbonyl (C=O) groups is 1. The second kappa shape index (κ2) is 8.10. The van der Waals surface area contributed by atoms with E-state index in [1.807, 2.05) is 49.4 Å². The molecule has 0 radical (unpaired) electrons. The molecule has 0 fully saturated rings. The van der Waals surface area contributed by atoms with Gasteiger partial charge in [-0.1, -0.05) is 36.4 Å². The minimum Gasteiger partial charge on any atom is -0.314 e. The number of pyridine rings is 1. The quantitative estimate of drug-likeness (QED) is 0.410. The summed E-state index contributed by atoms with van der Waals surface area (Å²) in [7, 11) is 0. The second-order valence-corrected chi connectivity index (χ2v) is 6.90. The van der Waals surface area contributed by atoms with Gasteiger partial charge in [-0.05, 0) is 49.7 Å². The van der Waals surface area contributed by atoms with Gasteiger partial charge >= 0.3 is 0 Å². The van der Waals surface area contributed by atoms with Crippen LogP contribution in [0, 0.1) is 6.92 Å². The van der Waals surface area contributed by atoms with Crippen molar-refractivity contribution in [2.45, 2.75) is 20.3 Å². The first-order chi connectivity index (χ1) is 14.1. The van der Waals surface area contributed by atoms with Crippen molar-refractivity contribution >= 4 is 22.5 Å². The highest BCUT2D eigenvalue weighted by Crippen LogP contribution is 2.29. The molecule has 2 aromatic heterocycles. The number of nitrogens with one attached hydrogen (secondary N) is 1. The summed E-state index contributed by atoms with van der Waals surface area (Å²) in [6, 6.07) is 22.1. The smallest absolute Gasteiger partial charge is 0.244 e. The molecular weight excluding hydrogens is 360 g/mol. The van der Waals surface area contributed by atoms with E-state index in [-0.39, 0.29) is 12.3 Å². The SMILES string of the molecule is C/C(=N/NC(=O)Cc1c(C)n(-c2ccccc2)c2ccccc12)c1ccncc1. The zero-order chi connectivity index (χ0) is 20.2. The molecule has 0 atom stereocenters. The normalized spacial score (nSPS) is 11.6. The lowest BCUT2D eigenvalue weighted by atomic mass is 10.1. The van der Waals surface area contributed by atoms with Gasteiger partial charge in [0.15, 0.2) is 0 Å². The first-order valence-electron chi connectivity index (χ1n) is 9.53. The van der Waals surface area contributed by atoms with E-state index in [9.17, 15) is 4.79 Å². The maximum absolute atomic E-state index is 12.7. The Kier molecular flexibility index (Phi) is 5.20. The van der Waals surface area contributed by atoms with Gasteiger partial charge in [0.25, 0.3) is 0 Å². The van der Waals surface area contributed by atoms with Crippen molar-refractivity contribution in [3.8, 4) is 5.69 Å². The molecule has 144 valence electrons. The van der Waals surface area contributed by atoms with E-state index >= 15 is 0 Å². The largest absolute Gasteiger partial charge is 0.314 e. The summed E-state index contributed by atoms with van der Waals surface area (Å²) in [6.45, 7) is 3.92. The van der Waals surface area contributed by atoms with Gasteiger partial charge in [-0.2, -0.15) is 5.10 Å². The summed E-state index contributed by atoms with van der Waals surface area (Å²) < 4.78 is 2.20. The minimum absolute atomic E-state index is 0.141. The molecule has 0 spiro atoms. The van der Waals surface area contributed by atoms with Crippen LogP contribution in [0.4, 0.5) is 0 Å². The molecule has 1 amide bonds. The maximum atomic E-state index is 12.7.